The van der Waals surface area contributed by atoms with Gasteiger partial charge in [-0.25, -0.2) is 4.79 Å². The summed E-state index contributed by atoms with van der Waals surface area (Å²) in [6, 6.07) is 17.2. The molecule has 36 heavy (non-hydrogen) atoms. The number of hydrogen-bond donors (Lipinski definition) is 1. The van der Waals surface area contributed by atoms with Gasteiger partial charge >= 0.3 is 12.1 Å². The van der Waals surface area contributed by atoms with Crippen LogP contribution in [0.4, 0.5) is 13.2 Å². The Bertz CT molecular complexity index is 1210. The van der Waals surface area contributed by atoms with Crippen molar-refractivity contribution >= 4 is 23.3 Å². The Kier molecular flexibility index (Phi) is 8.98. The van der Waals surface area contributed by atoms with Gasteiger partial charge in [0.05, 0.1) is 11.3 Å². The molecule has 0 fully saturated rings. The number of ether oxygens (including phenoxy) is 1. The fourth-order valence-corrected chi connectivity index (χ4v) is 3.51. The van der Waals surface area contributed by atoms with E-state index in [1.54, 1.807) is 38.1 Å². The van der Waals surface area contributed by atoms with Gasteiger partial charge in [0.15, 0.2) is 6.10 Å². The summed E-state index contributed by atoms with van der Waals surface area (Å²) >= 11 is 5.99. The van der Waals surface area contributed by atoms with E-state index in [-0.39, 0.29) is 6.61 Å². The standard InChI is InChI=1S/C27H25ClF3NO4/c1-3-24(26(33)34)36-25-13-8-20(14-17(25)2)23(15-18-6-11-22(28)12-7-18)32-35-16-19-4-9-21(10-5-19)27(29,30)31/h4-14,24H,3,15-16H2,1-2H3,(H,33,34). The van der Waals surface area contributed by atoms with Crippen molar-refractivity contribution in [3.05, 3.63) is 99.6 Å². The average Bonchev–Trinajstić information content (AvgIpc) is 2.83. The number of aryl methyl sites for hydroxylation is 1. The van der Waals surface area contributed by atoms with E-state index in [9.17, 15) is 23.1 Å². The van der Waals surface area contributed by atoms with Gasteiger partial charge < -0.3 is 14.7 Å². The summed E-state index contributed by atoms with van der Waals surface area (Å²) in [5.74, 6) is -0.591. The van der Waals surface area contributed by atoms with E-state index in [0.717, 1.165) is 28.8 Å². The van der Waals surface area contributed by atoms with Crippen molar-refractivity contribution in [3.63, 3.8) is 0 Å². The predicted octanol–water partition coefficient (Wildman–Crippen LogP) is 7.07. The Balaban J connectivity index is 1.82. The van der Waals surface area contributed by atoms with Crippen molar-refractivity contribution in [2.75, 3.05) is 0 Å². The van der Waals surface area contributed by atoms with Gasteiger partial charge in [0.2, 0.25) is 0 Å². The molecule has 0 aliphatic rings. The third kappa shape index (κ3) is 7.49. The molecule has 0 amide bonds. The van der Waals surface area contributed by atoms with Crippen LogP contribution >= 0.6 is 11.6 Å². The Morgan fingerprint density at radius 3 is 2.22 bits per heavy atom. The second-order valence-corrected chi connectivity index (χ2v) is 8.58. The summed E-state index contributed by atoms with van der Waals surface area (Å²) in [7, 11) is 0. The topological polar surface area (TPSA) is 68.1 Å². The first-order valence-corrected chi connectivity index (χ1v) is 11.5. The van der Waals surface area contributed by atoms with E-state index >= 15 is 0 Å². The highest BCUT2D eigenvalue weighted by molar-refractivity contribution is 6.30. The summed E-state index contributed by atoms with van der Waals surface area (Å²) in [5, 5.41) is 14.1. The van der Waals surface area contributed by atoms with Crippen LogP contribution in [0.1, 0.15) is 41.2 Å². The minimum Gasteiger partial charge on any atom is -0.479 e. The number of nitrogens with zero attached hydrogens (tertiary/aromatic N) is 1. The summed E-state index contributed by atoms with van der Waals surface area (Å²) in [4.78, 5) is 16.8. The fraction of sp³-hybridized carbons (Fsp3) is 0.259. The molecule has 1 N–H and O–H groups in total. The lowest BCUT2D eigenvalue weighted by Crippen LogP contribution is -2.26. The first-order valence-electron chi connectivity index (χ1n) is 11.2. The molecule has 0 aromatic heterocycles. The summed E-state index contributed by atoms with van der Waals surface area (Å²) in [5.41, 5.74) is 2.75. The van der Waals surface area contributed by atoms with E-state index in [1.807, 2.05) is 18.2 Å². The molecule has 1 unspecified atom stereocenters. The molecule has 3 rings (SSSR count). The molecule has 5 nitrogen and oxygen atoms in total. The first-order chi connectivity index (χ1) is 17.1. The number of hydrogen-bond acceptors (Lipinski definition) is 4. The Labute approximate surface area is 212 Å². The number of alkyl halides is 3. The van der Waals surface area contributed by atoms with Crippen LogP contribution in [0, 0.1) is 6.92 Å². The molecule has 9 heteroatoms. The van der Waals surface area contributed by atoms with Crippen molar-refractivity contribution in [1.82, 2.24) is 0 Å². The van der Waals surface area contributed by atoms with Crippen LogP contribution in [0.15, 0.2) is 71.9 Å². The number of oxime groups is 1. The average molecular weight is 520 g/mol. The number of halogens is 4. The highest BCUT2D eigenvalue weighted by Gasteiger charge is 2.29. The van der Waals surface area contributed by atoms with Crippen LogP contribution in [-0.2, 0) is 28.8 Å². The summed E-state index contributed by atoms with van der Waals surface area (Å²) in [6.45, 7) is 3.52. The molecule has 0 bridgehead atoms. The molecule has 3 aromatic rings. The van der Waals surface area contributed by atoms with E-state index < -0.39 is 23.8 Å². The number of carbonyl (C=O) groups is 1. The number of benzene rings is 3. The van der Waals surface area contributed by atoms with Crippen LogP contribution < -0.4 is 4.74 Å². The molecule has 0 heterocycles. The third-order valence-electron chi connectivity index (χ3n) is 5.40. The van der Waals surface area contributed by atoms with E-state index in [0.29, 0.717) is 34.9 Å². The zero-order valence-corrected chi connectivity index (χ0v) is 20.4. The lowest BCUT2D eigenvalue weighted by Gasteiger charge is -2.16. The fourth-order valence-electron chi connectivity index (χ4n) is 3.38. The van der Waals surface area contributed by atoms with Crippen molar-refractivity contribution in [1.29, 1.82) is 0 Å². The van der Waals surface area contributed by atoms with Crippen LogP contribution in [0.3, 0.4) is 0 Å². The number of carboxylic acid groups (broad SMARTS) is 1. The highest BCUT2D eigenvalue weighted by atomic mass is 35.5. The smallest absolute Gasteiger partial charge is 0.416 e. The molecule has 0 radical (unpaired) electrons. The van der Waals surface area contributed by atoms with Gasteiger partial charge in [-0.15, -0.1) is 0 Å². The maximum Gasteiger partial charge on any atom is 0.416 e. The molecule has 0 aliphatic heterocycles. The van der Waals surface area contributed by atoms with Crippen molar-refractivity contribution in [2.24, 2.45) is 5.16 Å². The molecule has 0 saturated heterocycles. The van der Waals surface area contributed by atoms with E-state index in [1.165, 1.54) is 12.1 Å². The Morgan fingerprint density at radius 1 is 1.03 bits per heavy atom. The van der Waals surface area contributed by atoms with Crippen LogP contribution in [-0.4, -0.2) is 22.9 Å². The minimum atomic E-state index is -4.40. The van der Waals surface area contributed by atoms with Crippen molar-refractivity contribution < 1.29 is 32.6 Å². The molecule has 0 saturated carbocycles. The maximum absolute atomic E-state index is 12.8. The van der Waals surface area contributed by atoms with Gasteiger partial charge in [0.1, 0.15) is 12.4 Å². The number of rotatable bonds is 10. The van der Waals surface area contributed by atoms with Gasteiger partial charge in [-0.2, -0.15) is 13.2 Å². The van der Waals surface area contributed by atoms with Crippen molar-refractivity contribution in [3.8, 4) is 5.75 Å². The normalized spacial score (nSPS) is 12.8. The number of aliphatic carboxylic acids is 1. The third-order valence-corrected chi connectivity index (χ3v) is 5.65. The molecule has 3 aromatic carbocycles. The highest BCUT2D eigenvalue weighted by Crippen LogP contribution is 2.29. The lowest BCUT2D eigenvalue weighted by molar-refractivity contribution is -0.145. The minimum absolute atomic E-state index is 0.0147. The van der Waals surface area contributed by atoms with Crippen LogP contribution in [0.25, 0.3) is 0 Å². The first kappa shape index (κ1) is 27.1. The zero-order valence-electron chi connectivity index (χ0n) is 19.7. The molecule has 1 atom stereocenters. The van der Waals surface area contributed by atoms with Crippen LogP contribution in [0.5, 0.6) is 5.75 Å². The summed E-state index contributed by atoms with van der Waals surface area (Å²) in [6.07, 6.45) is -4.64. The molecule has 0 aliphatic carbocycles. The second-order valence-electron chi connectivity index (χ2n) is 8.14. The molecule has 190 valence electrons. The van der Waals surface area contributed by atoms with E-state index in [4.69, 9.17) is 21.2 Å². The summed E-state index contributed by atoms with van der Waals surface area (Å²) < 4.78 is 44.0. The monoisotopic (exact) mass is 519 g/mol. The number of carboxylic acids is 1. The Hall–Kier alpha value is -3.52. The quantitative estimate of drug-likeness (QED) is 0.230. The van der Waals surface area contributed by atoms with Crippen molar-refractivity contribution in [2.45, 2.75) is 45.6 Å². The predicted molar refractivity (Wildman–Crippen MR) is 131 cm³/mol. The maximum atomic E-state index is 12.8. The molecule has 0 spiro atoms. The molecular formula is C27H25ClF3NO4. The van der Waals surface area contributed by atoms with Gasteiger partial charge in [-0.1, -0.05) is 47.9 Å². The Morgan fingerprint density at radius 2 is 1.67 bits per heavy atom. The van der Waals surface area contributed by atoms with E-state index in [2.05, 4.69) is 5.16 Å². The lowest BCUT2D eigenvalue weighted by atomic mass is 10.0. The van der Waals surface area contributed by atoms with Gasteiger partial charge in [-0.3, -0.25) is 0 Å². The van der Waals surface area contributed by atoms with Gasteiger partial charge in [0.25, 0.3) is 0 Å². The van der Waals surface area contributed by atoms with Gasteiger partial charge in [0, 0.05) is 17.0 Å². The molecular weight excluding hydrogens is 495 g/mol. The zero-order chi connectivity index (χ0) is 26.3. The largest absolute Gasteiger partial charge is 0.479 e. The van der Waals surface area contributed by atoms with Gasteiger partial charge in [-0.05, 0) is 72.5 Å². The SMILES string of the molecule is CCC(Oc1ccc(C(Cc2ccc(Cl)cc2)=NOCc2ccc(C(F)(F)F)cc2)cc1C)C(=O)O. The second kappa shape index (κ2) is 11.9. The van der Waals surface area contributed by atoms with Crippen LogP contribution in [0.2, 0.25) is 5.02 Å².